The van der Waals surface area contributed by atoms with E-state index in [0.717, 1.165) is 5.56 Å². The first-order valence-electron chi connectivity index (χ1n) is 5.40. The van der Waals surface area contributed by atoms with Crippen LogP contribution in [0.4, 0.5) is 4.79 Å². The van der Waals surface area contributed by atoms with Gasteiger partial charge in [-0.25, -0.2) is 4.79 Å². The number of methoxy groups -OCH3 is 1. The van der Waals surface area contributed by atoms with Gasteiger partial charge in [-0.1, -0.05) is 12.1 Å². The molecule has 98 valence electrons. The molecule has 1 heterocycles. The third-order valence-corrected chi connectivity index (χ3v) is 2.51. The molecule has 0 saturated carbocycles. The number of hydrogen-bond donors (Lipinski definition) is 3. The van der Waals surface area contributed by atoms with Crippen LogP contribution in [0.15, 0.2) is 34.9 Å². The smallest absolute Gasteiger partial charge is 0.327 e. The van der Waals surface area contributed by atoms with E-state index in [1.54, 1.807) is 37.5 Å². The molecule has 0 radical (unpaired) electrons. The summed E-state index contributed by atoms with van der Waals surface area (Å²) in [5, 5.41) is 7.86. The minimum absolute atomic E-state index is 0.0320. The number of nitrogens with two attached hydrogens (primary N) is 1. The van der Waals surface area contributed by atoms with E-state index in [0.29, 0.717) is 5.75 Å². The first-order valence-corrected chi connectivity index (χ1v) is 5.40. The van der Waals surface area contributed by atoms with Crippen molar-refractivity contribution in [3.05, 3.63) is 35.4 Å². The fourth-order valence-corrected chi connectivity index (χ4v) is 1.59. The van der Waals surface area contributed by atoms with Gasteiger partial charge in [0.2, 0.25) is 0 Å². The summed E-state index contributed by atoms with van der Waals surface area (Å²) in [7, 11) is 1.57. The van der Waals surface area contributed by atoms with Crippen LogP contribution in [-0.4, -0.2) is 24.9 Å². The number of amides is 3. The zero-order valence-corrected chi connectivity index (χ0v) is 10.1. The van der Waals surface area contributed by atoms with Gasteiger partial charge in [0.1, 0.15) is 5.75 Å². The van der Waals surface area contributed by atoms with Crippen LogP contribution in [0.5, 0.6) is 5.75 Å². The molecule has 0 atom stereocenters. The number of rotatable bonds is 2. The van der Waals surface area contributed by atoms with Gasteiger partial charge in [0.05, 0.1) is 12.7 Å². The van der Waals surface area contributed by atoms with Crippen LogP contribution >= 0.6 is 0 Å². The summed E-state index contributed by atoms with van der Waals surface area (Å²) in [6.45, 7) is 0. The molecule has 1 saturated heterocycles. The predicted octanol–water partition coefficient (Wildman–Crippen LogP) is 0.190. The lowest BCUT2D eigenvalue weighted by molar-refractivity contribution is -0.116. The molecular formula is C12H12N4O3. The van der Waals surface area contributed by atoms with Gasteiger partial charge in [-0.05, 0) is 23.8 Å². The number of benzene rings is 1. The Balaban J connectivity index is 2.34. The van der Waals surface area contributed by atoms with E-state index in [1.165, 1.54) is 0 Å². The van der Waals surface area contributed by atoms with Gasteiger partial charge >= 0.3 is 6.03 Å². The van der Waals surface area contributed by atoms with Crippen molar-refractivity contribution < 1.29 is 14.3 Å². The second kappa shape index (κ2) is 5.21. The van der Waals surface area contributed by atoms with Crippen LogP contribution < -0.4 is 21.2 Å². The van der Waals surface area contributed by atoms with E-state index in [2.05, 4.69) is 15.7 Å². The molecule has 2 rings (SSSR count). The first-order chi connectivity index (χ1) is 9.13. The van der Waals surface area contributed by atoms with E-state index < -0.39 is 11.9 Å². The topological polar surface area (TPSA) is 106 Å². The average Bonchev–Trinajstić information content (AvgIpc) is 2.42. The summed E-state index contributed by atoms with van der Waals surface area (Å²) in [4.78, 5) is 22.8. The Kier molecular flexibility index (Phi) is 3.46. The minimum atomic E-state index is -0.652. The summed E-state index contributed by atoms with van der Waals surface area (Å²) >= 11 is 0. The molecule has 0 aromatic heterocycles. The van der Waals surface area contributed by atoms with Crippen molar-refractivity contribution in [3.8, 4) is 5.75 Å². The maximum absolute atomic E-state index is 11.7. The van der Waals surface area contributed by atoms with Gasteiger partial charge in [-0.15, -0.1) is 0 Å². The summed E-state index contributed by atoms with van der Waals surface area (Å²) in [5.74, 6) is 5.33. The number of carbonyl (C=O) groups excluding carboxylic acids is 2. The number of carbonyl (C=O) groups is 2. The van der Waals surface area contributed by atoms with Crippen molar-refractivity contribution in [1.29, 1.82) is 0 Å². The number of hydrazone groups is 1. The molecule has 4 N–H and O–H groups in total. The standard InChI is InChI=1S/C12H12N4O3/c1-19-8-4-2-7(3-5-8)6-9-10(16-13)14-12(18)15-11(9)17/h2-6H,13H2,1H3,(H2,14,15,16,17,18)/b9-6-. The molecule has 7 nitrogen and oxygen atoms in total. The van der Waals surface area contributed by atoms with Gasteiger partial charge in [0.15, 0.2) is 5.84 Å². The lowest BCUT2D eigenvalue weighted by Gasteiger charge is -2.17. The summed E-state index contributed by atoms with van der Waals surface area (Å²) in [6, 6.07) is 6.39. The Hall–Kier alpha value is -2.83. The zero-order valence-electron chi connectivity index (χ0n) is 10.1. The fraction of sp³-hybridized carbons (Fsp3) is 0.0833. The Morgan fingerprint density at radius 2 is 1.89 bits per heavy atom. The quantitative estimate of drug-likeness (QED) is 0.401. The van der Waals surface area contributed by atoms with E-state index >= 15 is 0 Å². The fourth-order valence-electron chi connectivity index (χ4n) is 1.59. The molecule has 0 bridgehead atoms. The Labute approximate surface area is 109 Å². The molecule has 1 aliphatic heterocycles. The van der Waals surface area contributed by atoms with E-state index in [9.17, 15) is 9.59 Å². The van der Waals surface area contributed by atoms with E-state index in [1.807, 2.05) is 0 Å². The number of hydrogen-bond acceptors (Lipinski definition) is 5. The number of nitrogens with one attached hydrogen (secondary N) is 2. The van der Waals surface area contributed by atoms with Gasteiger partial charge < -0.3 is 10.6 Å². The highest BCUT2D eigenvalue weighted by atomic mass is 16.5. The lowest BCUT2D eigenvalue weighted by atomic mass is 10.1. The minimum Gasteiger partial charge on any atom is -0.497 e. The number of urea groups is 1. The molecule has 0 spiro atoms. The highest BCUT2D eigenvalue weighted by molar-refractivity contribution is 6.32. The maximum atomic E-state index is 11.7. The molecule has 1 aliphatic rings. The Morgan fingerprint density at radius 1 is 1.21 bits per heavy atom. The molecule has 7 heteroatoms. The Bertz CT molecular complexity index is 575. The summed E-state index contributed by atoms with van der Waals surface area (Å²) < 4.78 is 5.04. The van der Waals surface area contributed by atoms with Crippen LogP contribution in [0, 0.1) is 0 Å². The van der Waals surface area contributed by atoms with Crippen LogP contribution in [0.25, 0.3) is 6.08 Å². The third-order valence-electron chi connectivity index (χ3n) is 2.51. The third kappa shape index (κ3) is 2.71. The van der Waals surface area contributed by atoms with Gasteiger partial charge in [-0.3, -0.25) is 15.4 Å². The number of nitrogens with zero attached hydrogens (tertiary/aromatic N) is 1. The number of imide groups is 1. The van der Waals surface area contributed by atoms with Crippen LogP contribution in [-0.2, 0) is 4.79 Å². The van der Waals surface area contributed by atoms with Crippen LogP contribution in [0.3, 0.4) is 0 Å². The molecule has 1 aromatic rings. The number of amidine groups is 1. The van der Waals surface area contributed by atoms with E-state index in [4.69, 9.17) is 10.6 Å². The molecule has 0 unspecified atom stereocenters. The molecule has 3 amide bonds. The van der Waals surface area contributed by atoms with Gasteiger partial charge in [0, 0.05) is 0 Å². The van der Waals surface area contributed by atoms with Crippen molar-refractivity contribution >= 4 is 23.8 Å². The van der Waals surface area contributed by atoms with Gasteiger partial charge in [0.25, 0.3) is 5.91 Å². The maximum Gasteiger partial charge on any atom is 0.327 e. The highest BCUT2D eigenvalue weighted by Crippen LogP contribution is 2.15. The van der Waals surface area contributed by atoms with E-state index in [-0.39, 0.29) is 11.4 Å². The first kappa shape index (κ1) is 12.6. The Morgan fingerprint density at radius 3 is 2.47 bits per heavy atom. The second-order valence-electron chi connectivity index (χ2n) is 3.72. The molecule has 1 fully saturated rings. The zero-order chi connectivity index (χ0) is 13.8. The molecule has 0 aliphatic carbocycles. The average molecular weight is 260 g/mol. The largest absolute Gasteiger partial charge is 0.497 e. The molecule has 19 heavy (non-hydrogen) atoms. The van der Waals surface area contributed by atoms with Crippen molar-refractivity contribution in [1.82, 2.24) is 10.6 Å². The van der Waals surface area contributed by atoms with Crippen molar-refractivity contribution in [2.45, 2.75) is 0 Å². The van der Waals surface area contributed by atoms with Crippen molar-refractivity contribution in [2.75, 3.05) is 7.11 Å². The summed E-state index contributed by atoms with van der Waals surface area (Å²) in [6.07, 6.45) is 1.57. The van der Waals surface area contributed by atoms with Crippen LogP contribution in [0.2, 0.25) is 0 Å². The highest BCUT2D eigenvalue weighted by Gasteiger charge is 2.25. The predicted molar refractivity (Wildman–Crippen MR) is 69.3 cm³/mol. The normalized spacial score (nSPS) is 19.2. The second-order valence-corrected chi connectivity index (χ2v) is 3.72. The van der Waals surface area contributed by atoms with Crippen molar-refractivity contribution in [3.63, 3.8) is 0 Å². The molecule has 1 aromatic carbocycles. The monoisotopic (exact) mass is 260 g/mol. The number of ether oxygens (including phenoxy) is 1. The van der Waals surface area contributed by atoms with Crippen molar-refractivity contribution in [2.24, 2.45) is 10.9 Å². The summed E-state index contributed by atoms with van der Waals surface area (Å²) in [5.41, 5.74) is 0.940. The molecular weight excluding hydrogens is 248 g/mol. The lowest BCUT2D eigenvalue weighted by Crippen LogP contribution is -2.51. The van der Waals surface area contributed by atoms with Crippen LogP contribution in [0.1, 0.15) is 5.56 Å². The van der Waals surface area contributed by atoms with Gasteiger partial charge in [-0.2, -0.15) is 5.10 Å². The SMILES string of the molecule is COc1ccc(/C=C2\C(=O)NC(=O)N\C2=N/N)cc1.